The van der Waals surface area contributed by atoms with E-state index in [9.17, 15) is 41.8 Å². The van der Waals surface area contributed by atoms with Crippen molar-refractivity contribution in [2.45, 2.75) is 56.8 Å². The third kappa shape index (κ3) is 6.84. The summed E-state index contributed by atoms with van der Waals surface area (Å²) in [7, 11) is 0. The molecule has 6 rings (SSSR count). The number of halogens is 5. The Kier molecular flexibility index (Phi) is 8.86. The Bertz CT molecular complexity index is 1940. The molecule has 0 spiro atoms. The number of alkyl halides is 4. The lowest BCUT2D eigenvalue weighted by Crippen LogP contribution is -2.41. The first-order valence-electron chi connectivity index (χ1n) is 14.7. The number of hydrogen-bond acceptors (Lipinski definition) is 9. The molecular weight excluding hydrogens is 666 g/mol. The van der Waals surface area contributed by atoms with E-state index in [0.29, 0.717) is 16.0 Å². The van der Waals surface area contributed by atoms with Crippen molar-refractivity contribution in [2.24, 2.45) is 0 Å². The molecule has 4 aromatic rings. The van der Waals surface area contributed by atoms with Gasteiger partial charge in [0, 0.05) is 36.2 Å². The lowest BCUT2D eigenvalue weighted by Gasteiger charge is -2.25. The zero-order chi connectivity index (χ0) is 34.3. The first kappa shape index (κ1) is 33.0. The number of rotatable bonds is 9. The minimum absolute atomic E-state index is 0.0792. The number of aliphatic hydroxyl groups excluding tert-OH is 1. The first-order valence-corrected chi connectivity index (χ1v) is 15.0. The molecule has 0 radical (unpaired) electrons. The van der Waals surface area contributed by atoms with Crippen LogP contribution in [0.2, 0.25) is 5.02 Å². The number of aliphatic hydroxyl groups is 1. The highest BCUT2D eigenvalue weighted by Gasteiger charge is 2.40. The van der Waals surface area contributed by atoms with Crippen LogP contribution in [-0.2, 0) is 17.9 Å². The molecule has 4 heterocycles. The molecule has 2 N–H and O–H groups in total. The van der Waals surface area contributed by atoms with Crippen molar-refractivity contribution < 1.29 is 37.1 Å². The van der Waals surface area contributed by atoms with Gasteiger partial charge in [0.15, 0.2) is 29.4 Å². The van der Waals surface area contributed by atoms with Crippen LogP contribution in [0.4, 0.5) is 17.6 Å². The fraction of sp³-hybridized carbons (Fsp3) is 0.379. The minimum Gasteiger partial charge on any atom is -0.382 e. The predicted octanol–water partition coefficient (Wildman–Crippen LogP) is 1.96. The van der Waals surface area contributed by atoms with Crippen LogP contribution in [0.5, 0.6) is 0 Å². The summed E-state index contributed by atoms with van der Waals surface area (Å²) in [5.74, 6) is -2.61. The zero-order valence-corrected chi connectivity index (χ0v) is 25.5. The molecule has 0 bridgehead atoms. The topological polar surface area (TPSA) is 170 Å². The Labute approximate surface area is 272 Å². The number of benzene rings is 1. The third-order valence-electron chi connectivity index (χ3n) is 7.69. The van der Waals surface area contributed by atoms with Gasteiger partial charge in [-0.15, -0.1) is 10.2 Å². The predicted molar refractivity (Wildman–Crippen MR) is 158 cm³/mol. The summed E-state index contributed by atoms with van der Waals surface area (Å²) < 4.78 is 55.8. The number of aromatic nitrogens is 7. The van der Waals surface area contributed by atoms with E-state index in [2.05, 4.69) is 25.5 Å². The summed E-state index contributed by atoms with van der Waals surface area (Å²) in [6.45, 7) is -1.73. The summed E-state index contributed by atoms with van der Waals surface area (Å²) in [5.41, 5.74) is -0.925. The highest BCUT2D eigenvalue weighted by molar-refractivity contribution is 6.30. The van der Waals surface area contributed by atoms with Gasteiger partial charge in [0.1, 0.15) is 12.7 Å². The van der Waals surface area contributed by atoms with Crippen LogP contribution in [0.1, 0.15) is 46.1 Å². The second kappa shape index (κ2) is 12.9. The summed E-state index contributed by atoms with van der Waals surface area (Å²) in [5, 5.41) is 21.2. The Morgan fingerprint density at radius 3 is 2.52 bits per heavy atom. The second-order valence-corrected chi connectivity index (χ2v) is 11.7. The molecule has 3 atom stereocenters. The summed E-state index contributed by atoms with van der Waals surface area (Å²) in [6.07, 6.45) is -6.99. The minimum atomic E-state index is -5.04. The Morgan fingerprint density at radius 2 is 1.85 bits per heavy atom. The van der Waals surface area contributed by atoms with E-state index in [1.54, 1.807) is 0 Å². The van der Waals surface area contributed by atoms with Crippen LogP contribution in [0, 0.1) is 0 Å². The van der Waals surface area contributed by atoms with E-state index in [1.165, 1.54) is 47.5 Å². The van der Waals surface area contributed by atoms with Crippen molar-refractivity contribution in [3.05, 3.63) is 75.3 Å². The summed E-state index contributed by atoms with van der Waals surface area (Å²) in [4.78, 5) is 62.1. The molecule has 1 aromatic carbocycles. The number of carbonyl (C=O) groups is 3. The van der Waals surface area contributed by atoms with E-state index in [1.807, 2.05) is 0 Å². The molecule has 1 saturated carbocycles. The van der Waals surface area contributed by atoms with Gasteiger partial charge < -0.3 is 15.3 Å². The van der Waals surface area contributed by atoms with E-state index in [0.717, 1.165) is 9.36 Å². The van der Waals surface area contributed by atoms with E-state index in [-0.39, 0.29) is 66.1 Å². The van der Waals surface area contributed by atoms with Crippen LogP contribution < -0.4 is 11.0 Å². The highest BCUT2D eigenvalue weighted by Crippen LogP contribution is 2.27. The van der Waals surface area contributed by atoms with Crippen molar-refractivity contribution in [1.29, 1.82) is 0 Å². The fourth-order valence-electron chi connectivity index (χ4n) is 5.09. The maximum Gasteiger partial charge on any atom is 0.416 e. The number of piperidine rings is 1. The quantitative estimate of drug-likeness (QED) is 0.249. The van der Waals surface area contributed by atoms with Gasteiger partial charge in [-0.3, -0.25) is 19.0 Å². The molecule has 0 unspecified atom stereocenters. The number of pyridine rings is 1. The van der Waals surface area contributed by atoms with Crippen molar-refractivity contribution in [3.8, 4) is 17.2 Å². The average molecular weight is 692 g/mol. The Morgan fingerprint density at radius 1 is 1.12 bits per heavy atom. The number of carbonyl (C=O) groups excluding carboxylic acids is 3. The number of amides is 2. The number of Topliss-reactive ketones (excluding diaryl/α,β-unsaturated/α-hetero) is 1. The molecule has 1 aliphatic heterocycles. The molecule has 14 nitrogen and oxygen atoms in total. The van der Waals surface area contributed by atoms with Crippen LogP contribution in [0.3, 0.4) is 0 Å². The fourth-order valence-corrected chi connectivity index (χ4v) is 5.22. The molecule has 1 saturated heterocycles. The molecule has 48 heavy (non-hydrogen) atoms. The van der Waals surface area contributed by atoms with Gasteiger partial charge >= 0.3 is 11.9 Å². The van der Waals surface area contributed by atoms with Gasteiger partial charge in [-0.2, -0.15) is 17.9 Å². The molecule has 3 aromatic heterocycles. The first-order chi connectivity index (χ1) is 22.8. The molecule has 19 heteroatoms. The lowest BCUT2D eigenvalue weighted by atomic mass is 10.1. The maximum atomic E-state index is 13.7. The molecule has 2 aliphatic rings. The van der Waals surface area contributed by atoms with Crippen molar-refractivity contribution in [1.82, 2.24) is 44.3 Å². The largest absolute Gasteiger partial charge is 0.416 e. The van der Waals surface area contributed by atoms with E-state index in [4.69, 9.17) is 11.6 Å². The van der Waals surface area contributed by atoms with Gasteiger partial charge in [0.25, 0.3) is 11.8 Å². The summed E-state index contributed by atoms with van der Waals surface area (Å²) in [6, 6.07) is 7.86. The normalized spacial score (nSPS) is 18.5. The lowest BCUT2D eigenvalue weighted by molar-refractivity contribution is -0.207. The molecule has 2 fully saturated rings. The second-order valence-electron chi connectivity index (χ2n) is 11.3. The van der Waals surface area contributed by atoms with Crippen LogP contribution in [0.15, 0.2) is 47.4 Å². The Balaban J connectivity index is 1.42. The van der Waals surface area contributed by atoms with E-state index < -0.39 is 55.1 Å². The number of hydrogen-bond donors (Lipinski definition) is 2. The highest BCUT2D eigenvalue weighted by atomic mass is 35.5. The number of nitrogens with one attached hydrogen (secondary N) is 1. The third-order valence-corrected chi connectivity index (χ3v) is 7.94. The van der Waals surface area contributed by atoms with Gasteiger partial charge in [0.2, 0.25) is 5.82 Å². The SMILES string of the molecule is O=C1CCCN(C(=O)c2nc(Cn3nc(-c4ccc(Cl)cc4)n(C[C@H](O)C(F)(F)F)c3=O)nn2-c2ncccc2C(=O)N[C@@H]2C[C@@H]2F)C1. The van der Waals surface area contributed by atoms with Gasteiger partial charge in [-0.1, -0.05) is 11.6 Å². The number of likely N-dealkylation sites (tertiary alicyclic amines) is 1. The maximum absolute atomic E-state index is 13.7. The van der Waals surface area contributed by atoms with Crippen LogP contribution in [0.25, 0.3) is 17.2 Å². The molecule has 1 aliphatic carbocycles. The van der Waals surface area contributed by atoms with E-state index >= 15 is 0 Å². The monoisotopic (exact) mass is 691 g/mol. The standard InChI is InChI=1S/C29H26ClF4N9O5/c30-16-7-5-15(6-8-16)23-39-42(28(48)41(23)13-21(45)29(32,33)34)14-22-37-25(27(47)40-10-2-3-17(44)12-40)43(38-22)24-18(4-1-9-35-24)26(46)36-20-11-19(20)31/h1,4-9,19-21,45H,2-3,10-14H2,(H,36,46)/t19-,20+,21-/m0/s1. The smallest absolute Gasteiger partial charge is 0.382 e. The van der Waals surface area contributed by atoms with Crippen molar-refractivity contribution >= 4 is 29.2 Å². The number of ketones is 1. The van der Waals surface area contributed by atoms with Crippen LogP contribution in [-0.4, -0.2) is 99.3 Å². The average Bonchev–Trinajstić information content (AvgIpc) is 3.44. The Hall–Kier alpha value is -4.97. The van der Waals surface area contributed by atoms with Crippen molar-refractivity contribution in [3.63, 3.8) is 0 Å². The van der Waals surface area contributed by atoms with Crippen LogP contribution >= 0.6 is 11.6 Å². The van der Waals surface area contributed by atoms with Gasteiger partial charge in [0.05, 0.1) is 24.7 Å². The van der Waals surface area contributed by atoms with Gasteiger partial charge in [-0.25, -0.2) is 23.8 Å². The molecular formula is C29H26ClF4N9O5. The zero-order valence-electron chi connectivity index (χ0n) is 24.8. The summed E-state index contributed by atoms with van der Waals surface area (Å²) >= 11 is 5.95. The van der Waals surface area contributed by atoms with Crippen molar-refractivity contribution in [2.75, 3.05) is 13.1 Å². The molecule has 252 valence electrons. The van der Waals surface area contributed by atoms with Gasteiger partial charge in [-0.05, 0) is 42.8 Å². The number of nitrogens with zero attached hydrogens (tertiary/aromatic N) is 8. The molecule has 2 amide bonds.